The number of hydrogen-bond donors (Lipinski definition) is 1. The van der Waals surface area contributed by atoms with E-state index in [2.05, 4.69) is 32.2 Å². The molecule has 2 aromatic rings. The summed E-state index contributed by atoms with van der Waals surface area (Å²) in [6, 6.07) is 6.28. The highest BCUT2D eigenvalue weighted by atomic mass is 15.1. The van der Waals surface area contributed by atoms with Gasteiger partial charge in [0.15, 0.2) is 0 Å². The molecule has 0 aromatic carbocycles. The number of nitrogens with one attached hydrogen (secondary N) is 1. The van der Waals surface area contributed by atoms with Crippen molar-refractivity contribution in [3.63, 3.8) is 0 Å². The molecule has 19 heavy (non-hydrogen) atoms. The maximum absolute atomic E-state index is 4.16. The van der Waals surface area contributed by atoms with E-state index in [1.54, 1.807) is 0 Å². The second-order valence-corrected chi connectivity index (χ2v) is 5.24. The quantitative estimate of drug-likeness (QED) is 0.912. The lowest BCUT2D eigenvalue weighted by Gasteiger charge is -2.31. The van der Waals surface area contributed by atoms with Gasteiger partial charge >= 0.3 is 0 Å². The standard InChI is InChI=1S/C15H20N4/c1-2-13(12-16-7-1)4-9-19-10-5-14(6-11-19)15-3-8-17-18-15/h1-3,7-8,12,14H,4-6,9-11H2,(H,17,18). The van der Waals surface area contributed by atoms with E-state index in [1.165, 1.54) is 37.2 Å². The molecule has 4 heteroatoms. The summed E-state index contributed by atoms with van der Waals surface area (Å²) in [4.78, 5) is 6.72. The van der Waals surface area contributed by atoms with Crippen LogP contribution in [0.4, 0.5) is 0 Å². The van der Waals surface area contributed by atoms with E-state index < -0.39 is 0 Å². The zero-order chi connectivity index (χ0) is 12.9. The van der Waals surface area contributed by atoms with Crippen LogP contribution in [-0.2, 0) is 6.42 Å². The van der Waals surface area contributed by atoms with Gasteiger partial charge in [-0.25, -0.2) is 0 Å². The normalized spacial score (nSPS) is 17.7. The Morgan fingerprint density at radius 3 is 2.79 bits per heavy atom. The third-order valence-electron chi connectivity index (χ3n) is 3.99. The first-order valence-corrected chi connectivity index (χ1v) is 7.02. The molecule has 1 aliphatic heterocycles. The number of hydrogen-bond acceptors (Lipinski definition) is 3. The molecule has 0 atom stereocenters. The predicted molar refractivity (Wildman–Crippen MR) is 74.9 cm³/mol. The lowest BCUT2D eigenvalue weighted by molar-refractivity contribution is 0.213. The Bertz CT molecular complexity index is 472. The highest BCUT2D eigenvalue weighted by Crippen LogP contribution is 2.26. The van der Waals surface area contributed by atoms with Gasteiger partial charge in [0, 0.05) is 36.7 Å². The number of H-pyrrole nitrogens is 1. The average molecular weight is 256 g/mol. The van der Waals surface area contributed by atoms with E-state index in [0.717, 1.165) is 13.0 Å². The van der Waals surface area contributed by atoms with Crippen LogP contribution in [0.25, 0.3) is 0 Å². The van der Waals surface area contributed by atoms with Gasteiger partial charge in [0.25, 0.3) is 0 Å². The smallest absolute Gasteiger partial charge is 0.0490 e. The third-order valence-corrected chi connectivity index (χ3v) is 3.99. The minimum atomic E-state index is 0.664. The number of piperidine rings is 1. The number of likely N-dealkylation sites (tertiary alicyclic amines) is 1. The molecule has 2 aromatic heterocycles. The summed E-state index contributed by atoms with van der Waals surface area (Å²) >= 11 is 0. The summed E-state index contributed by atoms with van der Waals surface area (Å²) in [6.45, 7) is 3.51. The molecule has 0 amide bonds. The Morgan fingerprint density at radius 1 is 1.21 bits per heavy atom. The zero-order valence-corrected chi connectivity index (χ0v) is 11.1. The second-order valence-electron chi connectivity index (χ2n) is 5.24. The van der Waals surface area contributed by atoms with Gasteiger partial charge in [0.1, 0.15) is 0 Å². The van der Waals surface area contributed by atoms with E-state index in [4.69, 9.17) is 0 Å². The van der Waals surface area contributed by atoms with E-state index in [1.807, 2.05) is 24.7 Å². The Morgan fingerprint density at radius 2 is 2.11 bits per heavy atom. The average Bonchev–Trinajstić information content (AvgIpc) is 3.01. The monoisotopic (exact) mass is 256 g/mol. The van der Waals surface area contributed by atoms with Crippen LogP contribution in [-0.4, -0.2) is 39.7 Å². The number of aromatic amines is 1. The summed E-state index contributed by atoms with van der Waals surface area (Å²) in [6.07, 6.45) is 9.22. The fourth-order valence-electron chi connectivity index (χ4n) is 2.79. The van der Waals surface area contributed by atoms with Crippen molar-refractivity contribution in [2.75, 3.05) is 19.6 Å². The first-order valence-electron chi connectivity index (χ1n) is 7.02. The highest BCUT2D eigenvalue weighted by molar-refractivity contribution is 5.09. The minimum Gasteiger partial charge on any atom is -0.303 e. The van der Waals surface area contributed by atoms with Crippen molar-refractivity contribution in [1.29, 1.82) is 0 Å². The van der Waals surface area contributed by atoms with Crippen molar-refractivity contribution in [2.45, 2.75) is 25.2 Å². The molecule has 1 N–H and O–H groups in total. The highest BCUT2D eigenvalue weighted by Gasteiger charge is 2.20. The first kappa shape index (κ1) is 12.4. The lowest BCUT2D eigenvalue weighted by atomic mass is 9.93. The molecular weight excluding hydrogens is 236 g/mol. The molecule has 0 spiro atoms. The van der Waals surface area contributed by atoms with E-state index in [9.17, 15) is 0 Å². The van der Waals surface area contributed by atoms with E-state index in [-0.39, 0.29) is 0 Å². The van der Waals surface area contributed by atoms with Crippen molar-refractivity contribution < 1.29 is 0 Å². The molecule has 0 bridgehead atoms. The van der Waals surface area contributed by atoms with Gasteiger partial charge < -0.3 is 4.90 Å². The Kier molecular flexibility index (Phi) is 3.89. The van der Waals surface area contributed by atoms with Crippen LogP contribution in [0, 0.1) is 0 Å². The van der Waals surface area contributed by atoms with Crippen molar-refractivity contribution in [3.05, 3.63) is 48.0 Å². The zero-order valence-electron chi connectivity index (χ0n) is 11.1. The summed E-state index contributed by atoms with van der Waals surface area (Å²) in [5, 5.41) is 7.15. The SMILES string of the molecule is c1cncc(CCN2CCC(c3ccn[nH]3)CC2)c1. The van der Waals surface area contributed by atoms with E-state index in [0.29, 0.717) is 5.92 Å². The summed E-state index contributed by atoms with van der Waals surface area (Å²) in [5.41, 5.74) is 2.63. The van der Waals surface area contributed by atoms with Gasteiger partial charge in [-0.3, -0.25) is 10.1 Å². The van der Waals surface area contributed by atoms with E-state index >= 15 is 0 Å². The molecule has 0 radical (unpaired) electrons. The fourth-order valence-corrected chi connectivity index (χ4v) is 2.79. The maximum atomic E-state index is 4.16. The lowest BCUT2D eigenvalue weighted by Crippen LogP contribution is -2.34. The fraction of sp³-hybridized carbons (Fsp3) is 0.467. The molecule has 4 nitrogen and oxygen atoms in total. The number of nitrogens with zero attached hydrogens (tertiary/aromatic N) is 3. The second kappa shape index (κ2) is 5.97. The molecule has 0 saturated carbocycles. The van der Waals surface area contributed by atoms with Crippen LogP contribution in [0.2, 0.25) is 0 Å². The third kappa shape index (κ3) is 3.20. The summed E-state index contributed by atoms with van der Waals surface area (Å²) < 4.78 is 0. The van der Waals surface area contributed by atoms with Crippen LogP contribution >= 0.6 is 0 Å². The molecule has 0 unspecified atom stereocenters. The van der Waals surface area contributed by atoms with Gasteiger partial charge in [-0.15, -0.1) is 0 Å². The largest absolute Gasteiger partial charge is 0.303 e. The van der Waals surface area contributed by atoms with Crippen molar-refractivity contribution in [3.8, 4) is 0 Å². The molecule has 1 aliphatic rings. The number of pyridine rings is 1. The Balaban J connectivity index is 1.46. The van der Waals surface area contributed by atoms with Gasteiger partial charge in [0.05, 0.1) is 0 Å². The van der Waals surface area contributed by atoms with Gasteiger partial charge in [0.2, 0.25) is 0 Å². The van der Waals surface area contributed by atoms with Gasteiger partial charge in [-0.1, -0.05) is 6.07 Å². The minimum absolute atomic E-state index is 0.664. The Labute approximate surface area is 113 Å². The van der Waals surface area contributed by atoms with Gasteiger partial charge in [-0.2, -0.15) is 5.10 Å². The van der Waals surface area contributed by atoms with Crippen molar-refractivity contribution in [1.82, 2.24) is 20.1 Å². The molecular formula is C15H20N4. The van der Waals surface area contributed by atoms with Crippen LogP contribution in [0.15, 0.2) is 36.8 Å². The molecule has 0 aliphatic carbocycles. The summed E-state index contributed by atoms with van der Waals surface area (Å²) in [7, 11) is 0. The van der Waals surface area contributed by atoms with Crippen LogP contribution in [0.3, 0.4) is 0 Å². The number of rotatable bonds is 4. The summed E-state index contributed by atoms with van der Waals surface area (Å²) in [5.74, 6) is 0.664. The topological polar surface area (TPSA) is 44.8 Å². The molecule has 3 rings (SSSR count). The first-order chi connectivity index (χ1) is 9.42. The van der Waals surface area contributed by atoms with Gasteiger partial charge in [-0.05, 0) is 50.0 Å². The van der Waals surface area contributed by atoms with Crippen molar-refractivity contribution in [2.24, 2.45) is 0 Å². The molecule has 100 valence electrons. The molecule has 1 fully saturated rings. The van der Waals surface area contributed by atoms with Crippen LogP contribution in [0.1, 0.15) is 30.0 Å². The molecule has 1 saturated heterocycles. The Hall–Kier alpha value is -1.68. The van der Waals surface area contributed by atoms with Crippen LogP contribution < -0.4 is 0 Å². The number of aromatic nitrogens is 3. The maximum Gasteiger partial charge on any atom is 0.0490 e. The predicted octanol–water partition coefficient (Wildman–Crippen LogP) is 2.23. The van der Waals surface area contributed by atoms with Crippen LogP contribution in [0.5, 0.6) is 0 Å². The van der Waals surface area contributed by atoms with Crippen molar-refractivity contribution >= 4 is 0 Å². The molecule has 3 heterocycles.